The summed E-state index contributed by atoms with van der Waals surface area (Å²) in [4.78, 5) is 17.0. The van der Waals surface area contributed by atoms with Crippen molar-refractivity contribution in [3.63, 3.8) is 0 Å². The van der Waals surface area contributed by atoms with Crippen molar-refractivity contribution in [2.45, 2.75) is 24.2 Å². The second kappa shape index (κ2) is 11.4. The molecule has 0 spiro atoms. The van der Waals surface area contributed by atoms with E-state index in [1.54, 1.807) is 24.3 Å². The molecule has 0 saturated carbocycles. The fourth-order valence-electron chi connectivity index (χ4n) is 3.53. The number of benzene rings is 2. The van der Waals surface area contributed by atoms with E-state index in [-0.39, 0.29) is 17.2 Å². The number of hydrogen-bond acceptors (Lipinski definition) is 5. The van der Waals surface area contributed by atoms with Gasteiger partial charge in [-0.3, -0.25) is 9.52 Å². The number of nitrogens with one attached hydrogen (secondary N) is 2. The Morgan fingerprint density at radius 3 is 2.28 bits per heavy atom. The summed E-state index contributed by atoms with van der Waals surface area (Å²) in [6, 6.07) is 11.3. The molecule has 7 nitrogen and oxygen atoms in total. The smallest absolute Gasteiger partial charge is 0.261 e. The summed E-state index contributed by atoms with van der Waals surface area (Å²) in [5, 5.41) is 2.95. The van der Waals surface area contributed by atoms with Crippen molar-refractivity contribution in [3.8, 4) is 0 Å². The number of sulfonamides is 1. The molecule has 0 aliphatic carbocycles. The third-order valence-electron chi connectivity index (χ3n) is 5.51. The summed E-state index contributed by atoms with van der Waals surface area (Å²) in [6.45, 7) is 6.17. The number of halogens is 1. The molecule has 0 bridgehead atoms. The number of anilines is 1. The summed E-state index contributed by atoms with van der Waals surface area (Å²) in [6.07, 6.45) is 2.25. The van der Waals surface area contributed by atoms with E-state index in [1.165, 1.54) is 12.1 Å². The first-order valence-corrected chi connectivity index (χ1v) is 12.3. The van der Waals surface area contributed by atoms with Crippen LogP contribution in [0.15, 0.2) is 53.4 Å². The average molecular weight is 463 g/mol. The van der Waals surface area contributed by atoms with Crippen molar-refractivity contribution >= 4 is 21.6 Å². The Kier molecular flexibility index (Phi) is 8.60. The van der Waals surface area contributed by atoms with Crippen LogP contribution in [-0.2, 0) is 21.2 Å². The van der Waals surface area contributed by atoms with Gasteiger partial charge in [-0.05, 0) is 68.4 Å². The molecule has 2 aromatic rings. The highest BCUT2D eigenvalue weighted by Gasteiger charge is 2.15. The lowest BCUT2D eigenvalue weighted by Crippen LogP contribution is -2.44. The Hall–Kier alpha value is -2.49. The molecule has 32 heavy (non-hydrogen) atoms. The van der Waals surface area contributed by atoms with Gasteiger partial charge in [0.25, 0.3) is 10.0 Å². The first kappa shape index (κ1) is 24.2. The molecule has 0 unspecified atom stereocenters. The Balaban J connectivity index is 1.37. The van der Waals surface area contributed by atoms with Crippen LogP contribution >= 0.6 is 0 Å². The van der Waals surface area contributed by atoms with Crippen molar-refractivity contribution < 1.29 is 17.6 Å². The van der Waals surface area contributed by atoms with Gasteiger partial charge in [-0.15, -0.1) is 0 Å². The maximum absolute atomic E-state index is 13.0. The normalized spacial score (nSPS) is 15.4. The number of carbonyl (C=O) groups excluding carboxylic acids is 1. The zero-order valence-electron chi connectivity index (χ0n) is 18.4. The van der Waals surface area contributed by atoms with E-state index in [4.69, 9.17) is 0 Å². The van der Waals surface area contributed by atoms with E-state index < -0.39 is 15.8 Å². The van der Waals surface area contributed by atoms with Crippen molar-refractivity contribution in [2.75, 3.05) is 51.0 Å². The van der Waals surface area contributed by atoms with Gasteiger partial charge in [0.1, 0.15) is 5.82 Å². The zero-order chi connectivity index (χ0) is 23.0. The predicted octanol–water partition coefficient (Wildman–Crippen LogP) is 2.31. The number of piperazine rings is 1. The van der Waals surface area contributed by atoms with Crippen LogP contribution in [0.1, 0.15) is 18.4 Å². The van der Waals surface area contributed by atoms with Gasteiger partial charge in [-0.1, -0.05) is 12.1 Å². The van der Waals surface area contributed by atoms with Gasteiger partial charge in [0, 0.05) is 38.4 Å². The first-order valence-electron chi connectivity index (χ1n) is 10.9. The first-order chi connectivity index (χ1) is 15.3. The minimum atomic E-state index is -3.80. The van der Waals surface area contributed by atoms with Gasteiger partial charge in [0.2, 0.25) is 5.91 Å². The zero-order valence-corrected chi connectivity index (χ0v) is 19.2. The second-order valence-electron chi connectivity index (χ2n) is 8.14. The highest BCUT2D eigenvalue weighted by atomic mass is 32.2. The molecule has 1 heterocycles. The predicted molar refractivity (Wildman–Crippen MR) is 124 cm³/mol. The number of nitrogens with zero attached hydrogens (tertiary/aromatic N) is 2. The molecule has 9 heteroatoms. The molecule has 2 N–H and O–H groups in total. The highest BCUT2D eigenvalue weighted by Crippen LogP contribution is 2.17. The van der Waals surface area contributed by atoms with E-state index in [0.29, 0.717) is 12.2 Å². The molecule has 174 valence electrons. The average Bonchev–Trinajstić information content (AvgIpc) is 2.76. The Bertz CT molecular complexity index is 973. The van der Waals surface area contributed by atoms with Gasteiger partial charge in [-0.2, -0.15) is 0 Å². The summed E-state index contributed by atoms with van der Waals surface area (Å²) >= 11 is 0. The topological polar surface area (TPSA) is 81.8 Å². The van der Waals surface area contributed by atoms with Crippen LogP contribution < -0.4 is 10.0 Å². The van der Waals surface area contributed by atoms with Gasteiger partial charge in [0.05, 0.1) is 11.3 Å². The number of carbonyl (C=O) groups is 1. The van der Waals surface area contributed by atoms with E-state index >= 15 is 0 Å². The molecule has 0 radical (unpaired) electrons. The van der Waals surface area contributed by atoms with Crippen LogP contribution in [0.2, 0.25) is 0 Å². The Labute approximate surface area is 189 Å². The standard InChI is InChI=1S/C23H31FN4O3S/c1-27-14-16-28(17-15-27)13-3-2-12-25-23(29)18-19-4-8-21(9-5-19)26-32(30,31)22-10-6-20(24)7-11-22/h4-11,26H,2-3,12-18H2,1H3,(H,25,29). The van der Waals surface area contributed by atoms with Crippen molar-refractivity contribution in [3.05, 3.63) is 59.9 Å². The van der Waals surface area contributed by atoms with Crippen LogP contribution in [0.25, 0.3) is 0 Å². The molecule has 1 saturated heterocycles. The fraction of sp³-hybridized carbons (Fsp3) is 0.435. The number of amides is 1. The lowest BCUT2D eigenvalue weighted by atomic mass is 10.1. The lowest BCUT2D eigenvalue weighted by molar-refractivity contribution is -0.120. The molecule has 1 amide bonds. The Morgan fingerprint density at radius 1 is 0.969 bits per heavy atom. The second-order valence-corrected chi connectivity index (χ2v) is 9.82. The monoisotopic (exact) mass is 462 g/mol. The quantitative estimate of drug-likeness (QED) is 0.530. The molecular formula is C23H31FN4O3S. The minimum absolute atomic E-state index is 0.0185. The molecule has 1 fully saturated rings. The lowest BCUT2D eigenvalue weighted by Gasteiger charge is -2.32. The van der Waals surface area contributed by atoms with Crippen LogP contribution in [0, 0.1) is 5.82 Å². The van der Waals surface area contributed by atoms with E-state index in [9.17, 15) is 17.6 Å². The van der Waals surface area contributed by atoms with Crippen LogP contribution in [-0.4, -0.2) is 70.4 Å². The fourth-order valence-corrected chi connectivity index (χ4v) is 4.58. The van der Waals surface area contributed by atoms with Gasteiger partial charge in [0.15, 0.2) is 0 Å². The van der Waals surface area contributed by atoms with Crippen molar-refractivity contribution in [2.24, 2.45) is 0 Å². The third-order valence-corrected chi connectivity index (χ3v) is 6.91. The van der Waals surface area contributed by atoms with Crippen LogP contribution in [0.4, 0.5) is 10.1 Å². The molecule has 0 aromatic heterocycles. The van der Waals surface area contributed by atoms with Gasteiger partial charge in [-0.25, -0.2) is 12.8 Å². The molecule has 0 atom stereocenters. The van der Waals surface area contributed by atoms with Crippen molar-refractivity contribution in [1.82, 2.24) is 15.1 Å². The SMILES string of the molecule is CN1CCN(CCCCNC(=O)Cc2ccc(NS(=O)(=O)c3ccc(F)cc3)cc2)CC1. The van der Waals surface area contributed by atoms with Gasteiger partial charge < -0.3 is 15.1 Å². The number of unbranched alkanes of at least 4 members (excludes halogenated alkanes) is 1. The largest absolute Gasteiger partial charge is 0.356 e. The maximum atomic E-state index is 13.0. The summed E-state index contributed by atoms with van der Waals surface area (Å²) in [5.41, 5.74) is 1.17. The van der Waals surface area contributed by atoms with E-state index in [0.717, 1.165) is 63.3 Å². The molecule has 1 aliphatic heterocycles. The van der Waals surface area contributed by atoms with Crippen molar-refractivity contribution in [1.29, 1.82) is 0 Å². The maximum Gasteiger partial charge on any atom is 0.261 e. The molecule has 3 rings (SSSR count). The van der Waals surface area contributed by atoms with E-state index in [1.807, 2.05) is 0 Å². The molecule has 2 aromatic carbocycles. The summed E-state index contributed by atoms with van der Waals surface area (Å²) in [7, 11) is -1.65. The third kappa shape index (κ3) is 7.58. The van der Waals surface area contributed by atoms with E-state index in [2.05, 4.69) is 26.9 Å². The number of likely N-dealkylation sites (N-methyl/N-ethyl adjacent to an activating group) is 1. The molecular weight excluding hydrogens is 431 g/mol. The summed E-state index contributed by atoms with van der Waals surface area (Å²) in [5.74, 6) is -0.550. The van der Waals surface area contributed by atoms with Gasteiger partial charge >= 0.3 is 0 Å². The van der Waals surface area contributed by atoms with Crippen LogP contribution in [0.5, 0.6) is 0 Å². The minimum Gasteiger partial charge on any atom is -0.356 e. The highest BCUT2D eigenvalue weighted by molar-refractivity contribution is 7.92. The summed E-state index contributed by atoms with van der Waals surface area (Å²) < 4.78 is 40.2. The molecule has 1 aliphatic rings. The number of rotatable bonds is 10. The Morgan fingerprint density at radius 2 is 1.62 bits per heavy atom. The number of hydrogen-bond donors (Lipinski definition) is 2. The van der Waals surface area contributed by atoms with Crippen LogP contribution in [0.3, 0.4) is 0 Å².